The Labute approximate surface area is 283 Å². The lowest BCUT2D eigenvalue weighted by Crippen LogP contribution is -2.01. The molecule has 0 fully saturated rings. The minimum absolute atomic E-state index is 0.583. The van der Waals surface area contributed by atoms with Crippen LogP contribution in [0.3, 0.4) is 0 Å². The summed E-state index contributed by atoms with van der Waals surface area (Å²) in [5.41, 5.74) is 9.24. The number of rotatable bonds is 6. The maximum Gasteiger partial charge on any atom is 0.227 e. The lowest BCUT2D eigenvalue weighted by molar-refractivity contribution is 0.620. The van der Waals surface area contributed by atoms with Gasteiger partial charge in [0, 0.05) is 27.8 Å². The fourth-order valence-corrected chi connectivity index (χ4v) is 6.41. The first-order valence-corrected chi connectivity index (χ1v) is 16.2. The minimum Gasteiger partial charge on any atom is -0.436 e. The molecule has 0 radical (unpaired) electrons. The highest BCUT2D eigenvalue weighted by Gasteiger charge is 2.20. The number of benzene rings is 7. The van der Waals surface area contributed by atoms with Crippen LogP contribution in [0, 0.1) is 0 Å². The summed E-state index contributed by atoms with van der Waals surface area (Å²) in [4.78, 5) is 20.1. The Bertz CT molecular complexity index is 2530. The molecule has 0 N–H and O–H groups in total. The average molecular weight is 629 g/mol. The molecule has 49 heavy (non-hydrogen) atoms. The van der Waals surface area contributed by atoms with Crippen molar-refractivity contribution in [2.45, 2.75) is 0 Å². The zero-order valence-electron chi connectivity index (χ0n) is 26.4. The molecule has 0 aliphatic heterocycles. The molecule has 0 unspecified atom stereocenters. The normalized spacial score (nSPS) is 11.3. The van der Waals surface area contributed by atoms with Crippen LogP contribution < -0.4 is 0 Å². The van der Waals surface area contributed by atoms with Crippen molar-refractivity contribution in [1.82, 2.24) is 19.9 Å². The number of oxazole rings is 1. The molecule has 0 aliphatic rings. The van der Waals surface area contributed by atoms with Gasteiger partial charge in [0.2, 0.25) is 5.89 Å². The van der Waals surface area contributed by atoms with Gasteiger partial charge in [0.15, 0.2) is 23.1 Å². The second-order valence-electron chi connectivity index (χ2n) is 11.9. The molecular formula is C44H28N4O. The Morgan fingerprint density at radius 3 is 1.57 bits per heavy atom. The van der Waals surface area contributed by atoms with E-state index in [4.69, 9.17) is 24.4 Å². The number of nitrogens with zero attached hydrogens (tertiary/aromatic N) is 4. The predicted octanol–water partition coefficient (Wildman–Crippen LogP) is 11.2. The summed E-state index contributed by atoms with van der Waals surface area (Å²) in [6.45, 7) is 0. The Morgan fingerprint density at radius 1 is 0.347 bits per heavy atom. The Kier molecular flexibility index (Phi) is 7.06. The van der Waals surface area contributed by atoms with Crippen LogP contribution in [-0.4, -0.2) is 19.9 Å². The molecule has 7 aromatic carbocycles. The zero-order chi connectivity index (χ0) is 32.6. The van der Waals surface area contributed by atoms with E-state index in [9.17, 15) is 0 Å². The first kappa shape index (κ1) is 28.5. The maximum atomic E-state index is 6.54. The number of aromatic nitrogens is 4. The standard InChI is InChI=1S/C44H28N4O/c1-4-16-30(17-5-1)41-46-42(31-18-6-2-7-19-31)48-43(47-41)37-25-13-12-24-35(37)33-27-38(36-26-14-22-29-15-10-11-23-34(29)36)40-39(28-33)49-44(45-40)32-20-8-3-9-21-32/h1-28H. The van der Waals surface area contributed by atoms with Crippen molar-refractivity contribution in [3.8, 4) is 67.9 Å². The van der Waals surface area contributed by atoms with E-state index in [-0.39, 0.29) is 0 Å². The fraction of sp³-hybridized carbons (Fsp3) is 0. The van der Waals surface area contributed by atoms with Gasteiger partial charge in [-0.05, 0) is 51.7 Å². The van der Waals surface area contributed by atoms with Crippen molar-refractivity contribution in [2.24, 2.45) is 0 Å². The highest BCUT2D eigenvalue weighted by Crippen LogP contribution is 2.41. The van der Waals surface area contributed by atoms with Gasteiger partial charge in [-0.25, -0.2) is 19.9 Å². The van der Waals surface area contributed by atoms with E-state index in [1.54, 1.807) is 0 Å². The van der Waals surface area contributed by atoms with E-state index >= 15 is 0 Å². The van der Waals surface area contributed by atoms with Gasteiger partial charge in [-0.1, -0.05) is 146 Å². The van der Waals surface area contributed by atoms with E-state index in [2.05, 4.69) is 66.7 Å². The van der Waals surface area contributed by atoms with Gasteiger partial charge < -0.3 is 4.42 Å². The van der Waals surface area contributed by atoms with Gasteiger partial charge in [0.05, 0.1) is 0 Å². The van der Waals surface area contributed by atoms with E-state index in [1.165, 1.54) is 0 Å². The van der Waals surface area contributed by atoms with Crippen LogP contribution >= 0.6 is 0 Å². The highest BCUT2D eigenvalue weighted by atomic mass is 16.3. The number of fused-ring (bicyclic) bond motifs is 2. The smallest absolute Gasteiger partial charge is 0.227 e. The summed E-state index contributed by atoms with van der Waals surface area (Å²) < 4.78 is 6.54. The summed E-state index contributed by atoms with van der Waals surface area (Å²) in [7, 11) is 0. The van der Waals surface area contributed by atoms with Gasteiger partial charge in [0.25, 0.3) is 0 Å². The van der Waals surface area contributed by atoms with Crippen molar-refractivity contribution in [3.63, 3.8) is 0 Å². The second-order valence-corrected chi connectivity index (χ2v) is 11.9. The van der Waals surface area contributed by atoms with Crippen molar-refractivity contribution in [3.05, 3.63) is 170 Å². The average Bonchev–Trinajstić information content (AvgIpc) is 3.63. The molecule has 0 aliphatic carbocycles. The van der Waals surface area contributed by atoms with E-state index < -0.39 is 0 Å². The highest BCUT2D eigenvalue weighted by molar-refractivity contribution is 6.05. The summed E-state index contributed by atoms with van der Waals surface area (Å²) in [6, 6.07) is 57.6. The van der Waals surface area contributed by atoms with Crippen molar-refractivity contribution >= 4 is 21.9 Å². The monoisotopic (exact) mass is 628 g/mol. The van der Waals surface area contributed by atoms with E-state index in [0.717, 1.165) is 60.8 Å². The van der Waals surface area contributed by atoms with Gasteiger partial charge in [0.1, 0.15) is 5.52 Å². The van der Waals surface area contributed by atoms with Gasteiger partial charge in [-0.15, -0.1) is 0 Å². The Balaban J connectivity index is 1.29. The Morgan fingerprint density at radius 2 is 0.878 bits per heavy atom. The van der Waals surface area contributed by atoms with Crippen molar-refractivity contribution in [2.75, 3.05) is 0 Å². The van der Waals surface area contributed by atoms with Crippen LogP contribution in [0.4, 0.5) is 0 Å². The molecular weight excluding hydrogens is 601 g/mol. The molecule has 0 amide bonds. The quantitative estimate of drug-likeness (QED) is 0.183. The third-order valence-electron chi connectivity index (χ3n) is 8.77. The van der Waals surface area contributed by atoms with Gasteiger partial charge in [-0.2, -0.15) is 0 Å². The van der Waals surface area contributed by atoms with Crippen LogP contribution in [0.5, 0.6) is 0 Å². The minimum atomic E-state index is 0.583. The van der Waals surface area contributed by atoms with Gasteiger partial charge in [-0.3, -0.25) is 0 Å². The topological polar surface area (TPSA) is 64.7 Å². The largest absolute Gasteiger partial charge is 0.436 e. The molecule has 2 heterocycles. The molecule has 0 bridgehead atoms. The fourth-order valence-electron chi connectivity index (χ4n) is 6.41. The molecule has 2 aromatic heterocycles. The van der Waals surface area contributed by atoms with E-state index in [0.29, 0.717) is 28.9 Å². The molecule has 0 atom stereocenters. The van der Waals surface area contributed by atoms with Crippen LogP contribution in [0.1, 0.15) is 0 Å². The van der Waals surface area contributed by atoms with Crippen LogP contribution in [0.25, 0.3) is 89.7 Å². The summed E-state index contributed by atoms with van der Waals surface area (Å²) >= 11 is 0. The number of hydrogen-bond donors (Lipinski definition) is 0. The van der Waals surface area contributed by atoms with Crippen LogP contribution in [-0.2, 0) is 0 Å². The summed E-state index contributed by atoms with van der Waals surface area (Å²) in [6.07, 6.45) is 0. The van der Waals surface area contributed by atoms with Crippen molar-refractivity contribution < 1.29 is 4.42 Å². The molecule has 9 rings (SSSR count). The molecule has 0 saturated carbocycles. The van der Waals surface area contributed by atoms with E-state index in [1.807, 2.05) is 103 Å². The molecule has 0 spiro atoms. The van der Waals surface area contributed by atoms with Gasteiger partial charge >= 0.3 is 0 Å². The molecule has 5 nitrogen and oxygen atoms in total. The first-order valence-electron chi connectivity index (χ1n) is 16.2. The lowest BCUT2D eigenvalue weighted by Gasteiger charge is -2.14. The maximum absolute atomic E-state index is 6.54. The Hall–Kier alpha value is -6.72. The SMILES string of the molecule is c1ccc(-c2nc(-c3ccccc3)nc(-c3ccccc3-c3cc(-c4cccc5ccccc45)c4nc(-c5ccccc5)oc4c3)n2)cc1. The third kappa shape index (κ3) is 5.33. The van der Waals surface area contributed by atoms with Crippen LogP contribution in [0.2, 0.25) is 0 Å². The van der Waals surface area contributed by atoms with Crippen LogP contribution in [0.15, 0.2) is 174 Å². The number of hydrogen-bond acceptors (Lipinski definition) is 5. The molecule has 230 valence electrons. The first-order chi connectivity index (χ1) is 24.3. The van der Waals surface area contributed by atoms with Crippen molar-refractivity contribution in [1.29, 1.82) is 0 Å². The molecule has 0 saturated heterocycles. The predicted molar refractivity (Wildman–Crippen MR) is 198 cm³/mol. The second kappa shape index (κ2) is 12.1. The lowest BCUT2D eigenvalue weighted by atomic mass is 9.92. The third-order valence-corrected chi connectivity index (χ3v) is 8.77. The molecule has 9 aromatic rings. The summed E-state index contributed by atoms with van der Waals surface area (Å²) in [5, 5.41) is 2.32. The zero-order valence-corrected chi connectivity index (χ0v) is 26.4. The summed E-state index contributed by atoms with van der Waals surface area (Å²) in [5.74, 6) is 2.42. The molecule has 5 heteroatoms.